The summed E-state index contributed by atoms with van der Waals surface area (Å²) >= 11 is 1.33. The standard InChI is InChI=1S/C15H19NO3S/c1-10-8-13(20-12(10)6-7-14(17)18)15(19)16-9-11-4-2-3-5-11/h6-8,11H,2-5,9H2,1H3,(H,16,19)(H,17,18)/b7-6+. The first-order valence-electron chi connectivity index (χ1n) is 6.86. The molecule has 1 aliphatic carbocycles. The highest BCUT2D eigenvalue weighted by atomic mass is 32.1. The minimum Gasteiger partial charge on any atom is -0.478 e. The second-order valence-corrected chi connectivity index (χ2v) is 6.27. The smallest absolute Gasteiger partial charge is 0.328 e. The van der Waals surface area contributed by atoms with Crippen molar-refractivity contribution in [3.8, 4) is 0 Å². The number of carboxylic acids is 1. The highest BCUT2D eigenvalue weighted by Gasteiger charge is 2.17. The molecule has 108 valence electrons. The molecule has 1 saturated carbocycles. The number of nitrogens with one attached hydrogen (secondary N) is 1. The number of thiophene rings is 1. The van der Waals surface area contributed by atoms with Gasteiger partial charge >= 0.3 is 5.97 Å². The summed E-state index contributed by atoms with van der Waals surface area (Å²) in [5.41, 5.74) is 0.929. The van der Waals surface area contributed by atoms with Crippen LogP contribution in [0.5, 0.6) is 0 Å². The lowest BCUT2D eigenvalue weighted by Gasteiger charge is -2.09. The minimum atomic E-state index is -0.981. The quantitative estimate of drug-likeness (QED) is 0.820. The van der Waals surface area contributed by atoms with Crippen LogP contribution in [0.15, 0.2) is 12.1 Å². The molecule has 2 N–H and O–H groups in total. The van der Waals surface area contributed by atoms with Gasteiger partial charge in [0.05, 0.1) is 4.88 Å². The molecule has 0 aromatic carbocycles. The fourth-order valence-corrected chi connectivity index (χ4v) is 3.45. The van der Waals surface area contributed by atoms with Gasteiger partial charge in [0, 0.05) is 17.5 Å². The number of rotatable bonds is 5. The summed E-state index contributed by atoms with van der Waals surface area (Å²) in [4.78, 5) is 24.0. The molecule has 1 fully saturated rings. The molecule has 5 heteroatoms. The van der Waals surface area contributed by atoms with Gasteiger partial charge in [-0.1, -0.05) is 12.8 Å². The van der Waals surface area contributed by atoms with E-state index in [4.69, 9.17) is 5.11 Å². The first-order chi connectivity index (χ1) is 9.56. The Morgan fingerprint density at radius 1 is 1.45 bits per heavy atom. The maximum atomic E-state index is 12.1. The number of aryl methyl sites for hydroxylation is 1. The molecule has 0 unspecified atom stereocenters. The van der Waals surface area contributed by atoms with Crippen molar-refractivity contribution in [3.05, 3.63) is 27.5 Å². The van der Waals surface area contributed by atoms with E-state index >= 15 is 0 Å². The van der Waals surface area contributed by atoms with Crippen LogP contribution in [0.4, 0.5) is 0 Å². The zero-order valence-corrected chi connectivity index (χ0v) is 12.3. The van der Waals surface area contributed by atoms with Crippen molar-refractivity contribution in [2.75, 3.05) is 6.54 Å². The molecule has 0 saturated heterocycles. The summed E-state index contributed by atoms with van der Waals surface area (Å²) in [5.74, 6) is -0.420. The average molecular weight is 293 g/mol. The second kappa shape index (κ2) is 6.70. The number of amides is 1. The van der Waals surface area contributed by atoms with E-state index < -0.39 is 5.97 Å². The van der Waals surface area contributed by atoms with Crippen molar-refractivity contribution >= 4 is 29.3 Å². The normalized spacial score (nSPS) is 15.8. The Balaban J connectivity index is 1.95. The number of hydrogen-bond donors (Lipinski definition) is 2. The minimum absolute atomic E-state index is 0.0556. The number of carbonyl (C=O) groups is 2. The van der Waals surface area contributed by atoms with Crippen LogP contribution in [-0.4, -0.2) is 23.5 Å². The number of aliphatic carboxylic acids is 1. The molecule has 0 spiro atoms. The van der Waals surface area contributed by atoms with Crippen LogP contribution in [0.1, 0.15) is 45.8 Å². The Labute approximate surface area is 122 Å². The second-order valence-electron chi connectivity index (χ2n) is 5.19. The zero-order chi connectivity index (χ0) is 14.5. The summed E-state index contributed by atoms with van der Waals surface area (Å²) in [5, 5.41) is 11.6. The lowest BCUT2D eigenvalue weighted by Crippen LogP contribution is -2.27. The Kier molecular flexibility index (Phi) is 4.95. The number of carboxylic acid groups (broad SMARTS) is 1. The van der Waals surface area contributed by atoms with E-state index in [1.165, 1.54) is 43.1 Å². The third-order valence-electron chi connectivity index (χ3n) is 3.58. The van der Waals surface area contributed by atoms with Crippen molar-refractivity contribution < 1.29 is 14.7 Å². The highest BCUT2D eigenvalue weighted by molar-refractivity contribution is 7.15. The van der Waals surface area contributed by atoms with Gasteiger partial charge in [0.15, 0.2) is 0 Å². The van der Waals surface area contributed by atoms with E-state index in [0.717, 1.165) is 23.1 Å². The van der Waals surface area contributed by atoms with E-state index in [0.29, 0.717) is 10.8 Å². The van der Waals surface area contributed by atoms with E-state index in [9.17, 15) is 9.59 Å². The molecule has 1 aliphatic rings. The van der Waals surface area contributed by atoms with Crippen LogP contribution in [0, 0.1) is 12.8 Å². The monoisotopic (exact) mass is 293 g/mol. The van der Waals surface area contributed by atoms with Crippen LogP contribution < -0.4 is 5.32 Å². The molecule has 1 heterocycles. The largest absolute Gasteiger partial charge is 0.478 e. The molecular formula is C15H19NO3S. The average Bonchev–Trinajstić information content (AvgIpc) is 3.03. The summed E-state index contributed by atoms with van der Waals surface area (Å²) in [6.45, 7) is 2.63. The summed E-state index contributed by atoms with van der Waals surface area (Å²) in [6.07, 6.45) is 7.58. The molecule has 4 nitrogen and oxygen atoms in total. The summed E-state index contributed by atoms with van der Waals surface area (Å²) in [6, 6.07) is 1.82. The summed E-state index contributed by atoms with van der Waals surface area (Å²) < 4.78 is 0. The summed E-state index contributed by atoms with van der Waals surface area (Å²) in [7, 11) is 0. The van der Waals surface area contributed by atoms with Gasteiger partial charge in [-0.05, 0) is 43.4 Å². The van der Waals surface area contributed by atoms with Crippen molar-refractivity contribution in [3.63, 3.8) is 0 Å². The first kappa shape index (κ1) is 14.8. The molecule has 0 radical (unpaired) electrons. The molecule has 2 rings (SSSR count). The molecule has 1 aromatic heterocycles. The molecule has 1 amide bonds. The van der Waals surface area contributed by atoms with Gasteiger partial charge in [0.25, 0.3) is 5.91 Å². The lowest BCUT2D eigenvalue weighted by molar-refractivity contribution is -0.131. The van der Waals surface area contributed by atoms with Crippen molar-refractivity contribution in [2.24, 2.45) is 5.92 Å². The van der Waals surface area contributed by atoms with Gasteiger partial charge in [-0.25, -0.2) is 4.79 Å². The van der Waals surface area contributed by atoms with E-state index in [1.54, 1.807) is 0 Å². The maximum absolute atomic E-state index is 12.1. The van der Waals surface area contributed by atoms with Gasteiger partial charge in [-0.3, -0.25) is 4.79 Å². The Morgan fingerprint density at radius 2 is 2.15 bits per heavy atom. The van der Waals surface area contributed by atoms with Crippen LogP contribution in [0.25, 0.3) is 6.08 Å². The fourth-order valence-electron chi connectivity index (χ4n) is 2.46. The van der Waals surface area contributed by atoms with Gasteiger partial charge in [0.1, 0.15) is 0 Å². The van der Waals surface area contributed by atoms with E-state index in [-0.39, 0.29) is 5.91 Å². The third kappa shape index (κ3) is 3.93. The van der Waals surface area contributed by atoms with Crippen LogP contribution in [0.2, 0.25) is 0 Å². The number of hydrogen-bond acceptors (Lipinski definition) is 3. The Hall–Kier alpha value is -1.62. The molecular weight excluding hydrogens is 274 g/mol. The van der Waals surface area contributed by atoms with Crippen LogP contribution in [-0.2, 0) is 4.79 Å². The van der Waals surface area contributed by atoms with Gasteiger partial charge in [-0.2, -0.15) is 0 Å². The molecule has 1 aromatic rings. The zero-order valence-electron chi connectivity index (χ0n) is 11.5. The lowest BCUT2D eigenvalue weighted by atomic mass is 10.1. The molecule has 0 atom stereocenters. The van der Waals surface area contributed by atoms with Crippen LogP contribution >= 0.6 is 11.3 Å². The van der Waals surface area contributed by atoms with Crippen molar-refractivity contribution in [2.45, 2.75) is 32.6 Å². The van der Waals surface area contributed by atoms with Gasteiger partial charge in [-0.15, -0.1) is 11.3 Å². The van der Waals surface area contributed by atoms with E-state index in [2.05, 4.69) is 5.32 Å². The van der Waals surface area contributed by atoms with Gasteiger partial charge in [0.2, 0.25) is 0 Å². The Bertz CT molecular complexity index is 527. The SMILES string of the molecule is Cc1cc(C(=O)NCC2CCCC2)sc1/C=C/C(=O)O. The van der Waals surface area contributed by atoms with Crippen LogP contribution in [0.3, 0.4) is 0 Å². The molecule has 0 aliphatic heterocycles. The maximum Gasteiger partial charge on any atom is 0.328 e. The fraction of sp³-hybridized carbons (Fsp3) is 0.467. The van der Waals surface area contributed by atoms with Crippen molar-refractivity contribution in [1.82, 2.24) is 5.32 Å². The van der Waals surface area contributed by atoms with E-state index in [1.807, 2.05) is 13.0 Å². The predicted octanol–water partition coefficient (Wildman–Crippen LogP) is 3.07. The first-order valence-corrected chi connectivity index (χ1v) is 7.67. The number of carbonyl (C=O) groups excluding carboxylic acids is 1. The topological polar surface area (TPSA) is 66.4 Å². The predicted molar refractivity (Wildman–Crippen MR) is 80.0 cm³/mol. The molecule has 0 bridgehead atoms. The highest BCUT2D eigenvalue weighted by Crippen LogP contribution is 2.25. The van der Waals surface area contributed by atoms with Gasteiger partial charge < -0.3 is 10.4 Å². The third-order valence-corrected chi connectivity index (χ3v) is 4.78. The Morgan fingerprint density at radius 3 is 2.80 bits per heavy atom. The van der Waals surface area contributed by atoms with Crippen molar-refractivity contribution in [1.29, 1.82) is 0 Å². The molecule has 20 heavy (non-hydrogen) atoms.